The lowest BCUT2D eigenvalue weighted by Gasteiger charge is -2.39. The Kier molecular flexibility index (Phi) is 7.60. The van der Waals surface area contributed by atoms with Crippen molar-refractivity contribution in [2.75, 3.05) is 6.61 Å². The van der Waals surface area contributed by atoms with E-state index in [2.05, 4.69) is 15.3 Å². The van der Waals surface area contributed by atoms with Gasteiger partial charge < -0.3 is 19.5 Å². The topological polar surface area (TPSA) is 157 Å². The lowest BCUT2D eigenvalue weighted by molar-refractivity contribution is -0.167. The van der Waals surface area contributed by atoms with Crippen LogP contribution in [0.4, 0.5) is 0 Å². The van der Waals surface area contributed by atoms with Gasteiger partial charge in [-0.05, 0) is 5.53 Å². The minimum atomic E-state index is -1.17. The number of carbonyl (C=O) groups is 4. The molecule has 1 aliphatic carbocycles. The van der Waals surface area contributed by atoms with E-state index in [4.69, 9.17) is 19.7 Å². The maximum atomic E-state index is 11.5. The summed E-state index contributed by atoms with van der Waals surface area (Å²) in [5.74, 6) is -2.43. The third-order valence-electron chi connectivity index (χ3n) is 3.36. The van der Waals surface area contributed by atoms with Gasteiger partial charge in [-0.1, -0.05) is 11.2 Å². The number of carbonyl (C=O) groups excluding carboxylic acids is 4. The fourth-order valence-electron chi connectivity index (χ4n) is 2.54. The first-order valence-corrected chi connectivity index (χ1v) is 7.65. The van der Waals surface area contributed by atoms with Crippen LogP contribution in [0.1, 0.15) is 27.7 Å². The third-order valence-corrected chi connectivity index (χ3v) is 3.36. The largest absolute Gasteiger partial charge is 0.461 e. The molecule has 0 spiro atoms. The number of esters is 3. The molecule has 26 heavy (non-hydrogen) atoms. The fraction of sp³-hybridized carbons (Fsp3) is 0.600. The summed E-state index contributed by atoms with van der Waals surface area (Å²) in [6.45, 7) is 4.45. The van der Waals surface area contributed by atoms with Gasteiger partial charge in [0.1, 0.15) is 6.61 Å². The van der Waals surface area contributed by atoms with E-state index in [0.29, 0.717) is 0 Å². The van der Waals surface area contributed by atoms with Gasteiger partial charge in [-0.2, -0.15) is 0 Å². The van der Waals surface area contributed by atoms with Gasteiger partial charge in [-0.3, -0.25) is 19.2 Å². The minimum Gasteiger partial charge on any atom is -0.461 e. The average molecular weight is 368 g/mol. The maximum Gasteiger partial charge on any atom is 0.303 e. The Morgan fingerprint density at radius 3 is 2.19 bits per heavy atom. The van der Waals surface area contributed by atoms with E-state index in [-0.39, 0.29) is 12.2 Å². The maximum absolute atomic E-state index is 11.5. The van der Waals surface area contributed by atoms with Gasteiger partial charge in [-0.25, -0.2) is 0 Å². The Balaban J connectivity index is 3.40. The standard InChI is InChI=1S/C15H20N4O7/c1-7(20)17-13-12(18-19-16)5-11(6-24-8(2)21)14(25-9(3)22)15(13)26-10(4)23/h5,12-15H,6H2,1-4H3,(H,17,20)/t12-,13+,14-,15-/m1/s1. The van der Waals surface area contributed by atoms with Crippen LogP contribution in [0.5, 0.6) is 0 Å². The van der Waals surface area contributed by atoms with E-state index in [1.165, 1.54) is 19.9 Å². The normalized spacial score (nSPS) is 24.4. The zero-order chi connectivity index (χ0) is 19.9. The lowest BCUT2D eigenvalue weighted by atomic mass is 9.86. The van der Waals surface area contributed by atoms with Crippen molar-refractivity contribution in [1.82, 2.24) is 5.32 Å². The molecule has 0 saturated carbocycles. The molecule has 0 aliphatic heterocycles. The molecule has 0 fully saturated rings. The van der Waals surface area contributed by atoms with Crippen molar-refractivity contribution in [3.8, 4) is 0 Å². The first kappa shape index (κ1) is 21.0. The summed E-state index contributed by atoms with van der Waals surface area (Å²) in [5, 5.41) is 6.12. The van der Waals surface area contributed by atoms with Crippen molar-refractivity contribution in [1.29, 1.82) is 0 Å². The SMILES string of the molecule is CC(=O)N[C@@H]1[C@@H](OC(C)=O)[C@H](OC(C)=O)C(COC(C)=O)=C[C@H]1N=[N+]=[N-]. The molecule has 0 radical (unpaired) electrons. The van der Waals surface area contributed by atoms with Crippen LogP contribution in [0.3, 0.4) is 0 Å². The first-order chi connectivity index (χ1) is 12.1. The van der Waals surface area contributed by atoms with E-state index in [1.807, 2.05) is 0 Å². The van der Waals surface area contributed by atoms with Crippen molar-refractivity contribution in [2.24, 2.45) is 5.11 Å². The van der Waals surface area contributed by atoms with Crippen LogP contribution in [-0.4, -0.2) is 54.7 Å². The third kappa shape index (κ3) is 6.10. The highest BCUT2D eigenvalue weighted by atomic mass is 16.6. The Bertz CT molecular complexity index is 669. The van der Waals surface area contributed by atoms with Gasteiger partial charge in [0, 0.05) is 38.2 Å². The number of ether oxygens (including phenoxy) is 3. The molecule has 0 unspecified atom stereocenters. The molecule has 0 aromatic carbocycles. The predicted octanol–water partition coefficient (Wildman–Crippen LogP) is 0.536. The molecular weight excluding hydrogens is 348 g/mol. The molecule has 0 saturated heterocycles. The molecule has 142 valence electrons. The Morgan fingerprint density at radius 2 is 1.73 bits per heavy atom. The summed E-state index contributed by atoms with van der Waals surface area (Å²) in [4.78, 5) is 48.4. The summed E-state index contributed by atoms with van der Waals surface area (Å²) in [5.41, 5.74) is 9.06. The summed E-state index contributed by atoms with van der Waals surface area (Å²) in [6, 6.07) is -1.93. The van der Waals surface area contributed by atoms with Gasteiger partial charge in [0.25, 0.3) is 0 Å². The van der Waals surface area contributed by atoms with E-state index < -0.39 is 48.1 Å². The van der Waals surface area contributed by atoms with Crippen molar-refractivity contribution >= 4 is 23.8 Å². The van der Waals surface area contributed by atoms with Gasteiger partial charge >= 0.3 is 17.9 Å². The second-order valence-corrected chi connectivity index (χ2v) is 5.55. The molecule has 0 heterocycles. The van der Waals surface area contributed by atoms with Crippen molar-refractivity contribution in [3.05, 3.63) is 22.1 Å². The van der Waals surface area contributed by atoms with E-state index in [9.17, 15) is 19.2 Å². The van der Waals surface area contributed by atoms with Gasteiger partial charge in [-0.15, -0.1) is 0 Å². The van der Waals surface area contributed by atoms with Crippen LogP contribution in [0, 0.1) is 0 Å². The highest BCUT2D eigenvalue weighted by Crippen LogP contribution is 2.28. The molecule has 11 heteroatoms. The van der Waals surface area contributed by atoms with E-state index >= 15 is 0 Å². The van der Waals surface area contributed by atoms with Crippen LogP contribution in [-0.2, 0) is 33.4 Å². The van der Waals surface area contributed by atoms with Crippen LogP contribution in [0.25, 0.3) is 10.4 Å². The average Bonchev–Trinajstić information content (AvgIpc) is 2.50. The van der Waals surface area contributed by atoms with Crippen molar-refractivity contribution in [2.45, 2.75) is 52.0 Å². The zero-order valence-electron chi connectivity index (χ0n) is 14.8. The number of rotatable bonds is 6. The smallest absolute Gasteiger partial charge is 0.303 e. The molecule has 1 N–H and O–H groups in total. The summed E-state index contributed by atoms with van der Waals surface area (Å²) in [7, 11) is 0. The quantitative estimate of drug-likeness (QED) is 0.179. The highest BCUT2D eigenvalue weighted by molar-refractivity contribution is 5.74. The second-order valence-electron chi connectivity index (χ2n) is 5.55. The molecule has 0 aromatic rings. The highest BCUT2D eigenvalue weighted by Gasteiger charge is 2.45. The van der Waals surface area contributed by atoms with Crippen molar-refractivity contribution in [3.63, 3.8) is 0 Å². The molecule has 11 nitrogen and oxygen atoms in total. The Morgan fingerprint density at radius 1 is 1.12 bits per heavy atom. The van der Waals surface area contributed by atoms with Crippen molar-refractivity contribution < 1.29 is 33.4 Å². The molecule has 1 aliphatic rings. The number of hydrogen-bond donors (Lipinski definition) is 1. The molecule has 1 rings (SSSR count). The van der Waals surface area contributed by atoms with E-state index in [1.54, 1.807) is 0 Å². The van der Waals surface area contributed by atoms with Gasteiger partial charge in [0.2, 0.25) is 5.91 Å². The Labute approximate surface area is 149 Å². The predicted molar refractivity (Wildman–Crippen MR) is 86.4 cm³/mol. The van der Waals surface area contributed by atoms with E-state index in [0.717, 1.165) is 13.8 Å². The van der Waals surface area contributed by atoms with Crippen LogP contribution >= 0.6 is 0 Å². The number of hydrogen-bond acceptors (Lipinski definition) is 8. The van der Waals surface area contributed by atoms with Gasteiger partial charge in [0.15, 0.2) is 12.2 Å². The lowest BCUT2D eigenvalue weighted by Crippen LogP contribution is -2.59. The number of amides is 1. The summed E-state index contributed by atoms with van der Waals surface area (Å²) in [6.07, 6.45) is -0.888. The summed E-state index contributed by atoms with van der Waals surface area (Å²) < 4.78 is 15.4. The number of nitrogens with zero attached hydrogens (tertiary/aromatic N) is 3. The zero-order valence-corrected chi connectivity index (χ0v) is 14.8. The molecule has 0 aromatic heterocycles. The molecule has 4 atom stereocenters. The fourth-order valence-corrected chi connectivity index (χ4v) is 2.54. The molecular formula is C15H20N4O7. The first-order valence-electron chi connectivity index (χ1n) is 7.65. The molecule has 0 bridgehead atoms. The molecule has 1 amide bonds. The monoisotopic (exact) mass is 368 g/mol. The van der Waals surface area contributed by atoms with Gasteiger partial charge in [0.05, 0.1) is 12.1 Å². The second kappa shape index (κ2) is 9.42. The minimum absolute atomic E-state index is 0.264. The Hall–Kier alpha value is -3.07. The summed E-state index contributed by atoms with van der Waals surface area (Å²) >= 11 is 0. The number of azide groups is 1. The number of nitrogens with one attached hydrogen (secondary N) is 1. The van der Waals surface area contributed by atoms with Crippen LogP contribution < -0.4 is 5.32 Å². The van der Waals surface area contributed by atoms with Crippen LogP contribution in [0.15, 0.2) is 16.8 Å². The van der Waals surface area contributed by atoms with Crippen LogP contribution in [0.2, 0.25) is 0 Å².